The molecule has 0 heterocycles. The summed E-state index contributed by atoms with van der Waals surface area (Å²) >= 11 is 0. The summed E-state index contributed by atoms with van der Waals surface area (Å²) in [5, 5.41) is 13.3. The Labute approximate surface area is 137 Å². The predicted molar refractivity (Wildman–Crippen MR) is 90.3 cm³/mol. The molecule has 1 unspecified atom stereocenters. The molecule has 0 radical (unpaired) electrons. The van der Waals surface area contributed by atoms with Gasteiger partial charge in [-0.2, -0.15) is 0 Å². The lowest BCUT2D eigenvalue weighted by molar-refractivity contribution is -0.125. The summed E-state index contributed by atoms with van der Waals surface area (Å²) in [4.78, 5) is 12.0. The molecule has 0 saturated heterocycles. The second kappa shape index (κ2) is 7.79. The van der Waals surface area contributed by atoms with E-state index in [9.17, 15) is 9.90 Å². The smallest absolute Gasteiger partial charge is 0.223 e. The summed E-state index contributed by atoms with van der Waals surface area (Å²) in [6, 6.07) is 17.0. The van der Waals surface area contributed by atoms with Crippen molar-refractivity contribution in [2.75, 3.05) is 13.7 Å². The quantitative estimate of drug-likeness (QED) is 0.826. The van der Waals surface area contributed by atoms with Gasteiger partial charge < -0.3 is 15.2 Å². The molecule has 2 N–H and O–H groups in total. The molecule has 4 heteroatoms. The zero-order chi connectivity index (χ0) is 16.7. The molecule has 0 saturated carbocycles. The fourth-order valence-electron chi connectivity index (χ4n) is 2.41. The number of aliphatic hydroxyl groups is 1. The zero-order valence-corrected chi connectivity index (χ0v) is 13.6. The number of nitrogens with one attached hydrogen (secondary N) is 1. The Bertz CT molecular complexity index is 621. The van der Waals surface area contributed by atoms with E-state index < -0.39 is 5.60 Å². The number of carbonyl (C=O) groups is 1. The van der Waals surface area contributed by atoms with Crippen molar-refractivity contribution in [2.24, 2.45) is 0 Å². The van der Waals surface area contributed by atoms with E-state index in [0.29, 0.717) is 6.54 Å². The lowest BCUT2D eigenvalue weighted by atomic mass is 9.92. The number of benzene rings is 2. The van der Waals surface area contributed by atoms with Gasteiger partial charge >= 0.3 is 0 Å². The van der Waals surface area contributed by atoms with Crippen molar-refractivity contribution < 1.29 is 14.6 Å². The highest BCUT2D eigenvalue weighted by Crippen LogP contribution is 2.23. The molecule has 23 heavy (non-hydrogen) atoms. The van der Waals surface area contributed by atoms with E-state index in [1.807, 2.05) is 54.6 Å². The summed E-state index contributed by atoms with van der Waals surface area (Å²) in [7, 11) is 1.63. The van der Waals surface area contributed by atoms with Gasteiger partial charge in [0.1, 0.15) is 5.75 Å². The largest absolute Gasteiger partial charge is 0.497 e. The van der Waals surface area contributed by atoms with E-state index in [-0.39, 0.29) is 12.3 Å². The van der Waals surface area contributed by atoms with Crippen molar-refractivity contribution in [1.82, 2.24) is 5.32 Å². The maximum atomic E-state index is 12.0. The van der Waals surface area contributed by atoms with E-state index in [0.717, 1.165) is 23.3 Å². The minimum absolute atomic E-state index is 0.0413. The molecular weight excluding hydrogens is 290 g/mol. The van der Waals surface area contributed by atoms with Crippen molar-refractivity contribution in [3.63, 3.8) is 0 Å². The summed E-state index contributed by atoms with van der Waals surface area (Å²) in [6.45, 7) is 2.20. The Hall–Kier alpha value is -2.33. The number of ether oxygens (including phenoxy) is 1. The molecule has 0 spiro atoms. The van der Waals surface area contributed by atoms with E-state index >= 15 is 0 Å². The van der Waals surface area contributed by atoms with Gasteiger partial charge in [0.15, 0.2) is 0 Å². The highest BCUT2D eigenvalue weighted by molar-refractivity contribution is 5.77. The molecule has 122 valence electrons. The van der Waals surface area contributed by atoms with E-state index in [2.05, 4.69) is 5.32 Å². The molecule has 1 amide bonds. The fraction of sp³-hybridized carbons (Fsp3) is 0.316. The van der Waals surface area contributed by atoms with Crippen LogP contribution in [0.15, 0.2) is 54.6 Å². The minimum Gasteiger partial charge on any atom is -0.497 e. The number of carbonyl (C=O) groups excluding carboxylic acids is 1. The normalized spacial score (nSPS) is 13.2. The maximum absolute atomic E-state index is 12.0. The number of hydrogen-bond donors (Lipinski definition) is 2. The van der Waals surface area contributed by atoms with Gasteiger partial charge in [-0.1, -0.05) is 42.5 Å². The van der Waals surface area contributed by atoms with Gasteiger partial charge in [0.25, 0.3) is 0 Å². The minimum atomic E-state index is -1.16. The van der Waals surface area contributed by atoms with Crippen LogP contribution in [0, 0.1) is 0 Å². The van der Waals surface area contributed by atoms with Crippen LogP contribution in [0.5, 0.6) is 5.75 Å². The Kier molecular flexibility index (Phi) is 5.77. The van der Waals surface area contributed by atoms with E-state index in [1.54, 1.807) is 14.0 Å². The van der Waals surface area contributed by atoms with Gasteiger partial charge in [0.05, 0.1) is 19.1 Å². The lowest BCUT2D eigenvalue weighted by Gasteiger charge is -2.23. The van der Waals surface area contributed by atoms with Crippen LogP contribution in [-0.4, -0.2) is 24.7 Å². The molecule has 0 aromatic heterocycles. The van der Waals surface area contributed by atoms with Gasteiger partial charge in [0, 0.05) is 6.54 Å². The average molecular weight is 313 g/mol. The van der Waals surface area contributed by atoms with Crippen molar-refractivity contribution in [3.8, 4) is 5.75 Å². The monoisotopic (exact) mass is 313 g/mol. The van der Waals surface area contributed by atoms with E-state index in [1.165, 1.54) is 0 Å². The Morgan fingerprint density at radius 3 is 2.39 bits per heavy atom. The molecule has 0 aliphatic rings. The van der Waals surface area contributed by atoms with Crippen molar-refractivity contribution in [2.45, 2.75) is 25.4 Å². The van der Waals surface area contributed by atoms with Crippen molar-refractivity contribution in [3.05, 3.63) is 65.7 Å². The highest BCUT2D eigenvalue weighted by Gasteiger charge is 2.26. The number of rotatable bonds is 7. The summed E-state index contributed by atoms with van der Waals surface area (Å²) < 4.78 is 5.11. The molecule has 1 atom stereocenters. The molecular formula is C19H23NO3. The molecule has 0 aliphatic heterocycles. The van der Waals surface area contributed by atoms with Crippen molar-refractivity contribution in [1.29, 1.82) is 0 Å². The molecule has 0 aliphatic carbocycles. The second-order valence-electron chi connectivity index (χ2n) is 5.76. The first-order chi connectivity index (χ1) is 11.0. The standard InChI is InChI=1S/C19H23NO3/c1-19(22,16-6-4-3-5-7-16)14-18(21)20-13-12-15-8-10-17(23-2)11-9-15/h3-11,22H,12-14H2,1-2H3,(H,20,21). The molecule has 4 nitrogen and oxygen atoms in total. The number of hydrogen-bond acceptors (Lipinski definition) is 3. The van der Waals surface area contributed by atoms with Crippen LogP contribution in [0.4, 0.5) is 0 Å². The van der Waals surface area contributed by atoms with Crippen LogP contribution in [0.25, 0.3) is 0 Å². The second-order valence-corrected chi connectivity index (χ2v) is 5.76. The van der Waals surface area contributed by atoms with Gasteiger partial charge in [-0.05, 0) is 36.6 Å². The summed E-state index contributed by atoms with van der Waals surface area (Å²) in [5.41, 5.74) is 0.706. The molecule has 2 aromatic carbocycles. The Morgan fingerprint density at radius 2 is 1.78 bits per heavy atom. The first-order valence-electron chi connectivity index (χ1n) is 7.69. The summed E-state index contributed by atoms with van der Waals surface area (Å²) in [6.07, 6.45) is 0.781. The first-order valence-corrected chi connectivity index (χ1v) is 7.69. The number of methoxy groups -OCH3 is 1. The Balaban J connectivity index is 1.80. The van der Waals surface area contributed by atoms with Crippen LogP contribution < -0.4 is 10.1 Å². The third-order valence-electron chi connectivity index (χ3n) is 3.80. The molecule has 0 bridgehead atoms. The fourth-order valence-corrected chi connectivity index (χ4v) is 2.41. The van der Waals surface area contributed by atoms with Crippen LogP contribution in [0.1, 0.15) is 24.5 Å². The van der Waals surface area contributed by atoms with E-state index in [4.69, 9.17) is 4.74 Å². The lowest BCUT2D eigenvalue weighted by Crippen LogP contribution is -2.33. The van der Waals surface area contributed by atoms with Gasteiger partial charge in [0.2, 0.25) is 5.91 Å². The zero-order valence-electron chi connectivity index (χ0n) is 13.6. The SMILES string of the molecule is COc1ccc(CCNC(=O)CC(C)(O)c2ccccc2)cc1. The topological polar surface area (TPSA) is 58.6 Å². The maximum Gasteiger partial charge on any atom is 0.223 e. The highest BCUT2D eigenvalue weighted by atomic mass is 16.5. The number of amides is 1. The Morgan fingerprint density at radius 1 is 1.13 bits per heavy atom. The van der Waals surface area contributed by atoms with Crippen LogP contribution in [-0.2, 0) is 16.8 Å². The first kappa shape index (κ1) is 17.0. The average Bonchev–Trinajstić information content (AvgIpc) is 2.56. The van der Waals surface area contributed by atoms with Gasteiger partial charge in [-0.15, -0.1) is 0 Å². The molecule has 2 aromatic rings. The third-order valence-corrected chi connectivity index (χ3v) is 3.80. The molecule has 2 rings (SSSR count). The van der Waals surface area contributed by atoms with Crippen molar-refractivity contribution >= 4 is 5.91 Å². The van der Waals surface area contributed by atoms with Crippen LogP contribution >= 0.6 is 0 Å². The van der Waals surface area contributed by atoms with Gasteiger partial charge in [-0.3, -0.25) is 4.79 Å². The predicted octanol–water partition coefficient (Wildman–Crippen LogP) is 2.65. The van der Waals surface area contributed by atoms with Crippen LogP contribution in [0.2, 0.25) is 0 Å². The summed E-state index contributed by atoms with van der Waals surface area (Å²) in [5.74, 6) is 0.657. The van der Waals surface area contributed by atoms with Crippen LogP contribution in [0.3, 0.4) is 0 Å². The van der Waals surface area contributed by atoms with Gasteiger partial charge in [-0.25, -0.2) is 0 Å². The third kappa shape index (κ3) is 5.11. The molecule has 0 fully saturated rings.